The Morgan fingerprint density at radius 3 is 2.24 bits per heavy atom. The van der Waals surface area contributed by atoms with Crippen LogP contribution in [0, 0.1) is 0 Å². The minimum atomic E-state index is 0.505. The smallest absolute Gasteiger partial charge is 0.162 e. The number of hydrogen-bond donors (Lipinski definition) is 1. The Morgan fingerprint density at radius 2 is 1.56 bits per heavy atom. The fraction of sp³-hybridized carbons (Fsp3) is 0.143. The average Bonchev–Trinajstić information content (AvgIpc) is 2.67. The summed E-state index contributed by atoms with van der Waals surface area (Å²) in [6.07, 6.45) is 0. The van der Waals surface area contributed by atoms with E-state index in [2.05, 4.69) is 21.2 Å². The Balaban J connectivity index is 1.71. The number of para-hydroxylation sites is 1. The van der Waals surface area contributed by atoms with E-state index in [1.54, 1.807) is 7.11 Å². The highest BCUT2D eigenvalue weighted by Crippen LogP contribution is 2.34. The van der Waals surface area contributed by atoms with E-state index in [-0.39, 0.29) is 0 Å². The van der Waals surface area contributed by atoms with Gasteiger partial charge in [-0.15, -0.1) is 0 Å². The zero-order valence-corrected chi connectivity index (χ0v) is 15.6. The highest BCUT2D eigenvalue weighted by atomic mass is 79.9. The zero-order chi connectivity index (χ0) is 17.5. The maximum absolute atomic E-state index is 5.94. The van der Waals surface area contributed by atoms with Crippen LogP contribution in [0.1, 0.15) is 11.1 Å². The summed E-state index contributed by atoms with van der Waals surface area (Å²) in [5.74, 6) is 1.45. The van der Waals surface area contributed by atoms with Gasteiger partial charge in [-0.3, -0.25) is 0 Å². The van der Waals surface area contributed by atoms with Crippen LogP contribution in [0.25, 0.3) is 0 Å². The predicted octanol–water partition coefficient (Wildman–Crippen LogP) is 5.65. The Labute approximate surface area is 156 Å². The molecule has 0 aliphatic carbocycles. The van der Waals surface area contributed by atoms with Crippen LogP contribution in [0.2, 0.25) is 0 Å². The van der Waals surface area contributed by atoms with Crippen molar-refractivity contribution in [1.29, 1.82) is 0 Å². The topological polar surface area (TPSA) is 30.5 Å². The summed E-state index contributed by atoms with van der Waals surface area (Å²) in [7, 11) is 1.66. The van der Waals surface area contributed by atoms with Gasteiger partial charge in [-0.1, -0.05) is 64.5 Å². The molecule has 3 aromatic carbocycles. The molecule has 0 aliphatic rings. The SMILES string of the molecule is COc1cc(CNc2ccccc2)c(Br)cc1OCc1ccccc1. The molecule has 128 valence electrons. The van der Waals surface area contributed by atoms with Crippen molar-refractivity contribution in [1.82, 2.24) is 0 Å². The maximum Gasteiger partial charge on any atom is 0.162 e. The third-order valence-electron chi connectivity index (χ3n) is 3.83. The first kappa shape index (κ1) is 17.4. The number of nitrogens with one attached hydrogen (secondary N) is 1. The van der Waals surface area contributed by atoms with Gasteiger partial charge in [0.1, 0.15) is 6.61 Å². The van der Waals surface area contributed by atoms with Crippen LogP contribution in [-0.2, 0) is 13.2 Å². The fourth-order valence-electron chi connectivity index (χ4n) is 2.47. The second-order valence-corrected chi connectivity index (χ2v) is 6.44. The van der Waals surface area contributed by atoms with E-state index < -0.39 is 0 Å². The summed E-state index contributed by atoms with van der Waals surface area (Å²) in [6.45, 7) is 1.20. The molecule has 0 aliphatic heterocycles. The lowest BCUT2D eigenvalue weighted by molar-refractivity contribution is 0.284. The van der Waals surface area contributed by atoms with Gasteiger partial charge in [-0.05, 0) is 35.4 Å². The molecule has 0 heterocycles. The number of hydrogen-bond acceptors (Lipinski definition) is 3. The number of anilines is 1. The molecule has 0 aromatic heterocycles. The van der Waals surface area contributed by atoms with E-state index in [0.717, 1.165) is 32.8 Å². The van der Waals surface area contributed by atoms with Gasteiger partial charge < -0.3 is 14.8 Å². The van der Waals surface area contributed by atoms with Gasteiger partial charge in [-0.2, -0.15) is 0 Å². The normalized spacial score (nSPS) is 10.3. The van der Waals surface area contributed by atoms with Crippen molar-refractivity contribution in [2.75, 3.05) is 12.4 Å². The molecule has 3 aromatic rings. The summed E-state index contributed by atoms with van der Waals surface area (Å²) in [5, 5.41) is 3.40. The molecule has 0 saturated carbocycles. The minimum absolute atomic E-state index is 0.505. The van der Waals surface area contributed by atoms with E-state index in [0.29, 0.717) is 13.2 Å². The van der Waals surface area contributed by atoms with Gasteiger partial charge in [0.2, 0.25) is 0 Å². The summed E-state index contributed by atoms with van der Waals surface area (Å²) in [6, 6.07) is 24.2. The number of ether oxygens (including phenoxy) is 2. The molecule has 0 bridgehead atoms. The number of benzene rings is 3. The van der Waals surface area contributed by atoms with Crippen LogP contribution in [0.4, 0.5) is 5.69 Å². The molecule has 0 amide bonds. The molecule has 0 radical (unpaired) electrons. The maximum atomic E-state index is 5.94. The van der Waals surface area contributed by atoms with Gasteiger partial charge in [-0.25, -0.2) is 0 Å². The first-order chi connectivity index (χ1) is 12.3. The van der Waals surface area contributed by atoms with Crippen LogP contribution in [0.15, 0.2) is 77.3 Å². The molecule has 0 spiro atoms. The van der Waals surface area contributed by atoms with Crippen molar-refractivity contribution in [3.05, 3.63) is 88.4 Å². The van der Waals surface area contributed by atoms with Crippen molar-refractivity contribution >= 4 is 21.6 Å². The van der Waals surface area contributed by atoms with Crippen LogP contribution in [0.5, 0.6) is 11.5 Å². The van der Waals surface area contributed by atoms with E-state index in [9.17, 15) is 0 Å². The lowest BCUT2D eigenvalue weighted by Crippen LogP contribution is -2.03. The summed E-state index contributed by atoms with van der Waals surface area (Å²) in [5.41, 5.74) is 3.31. The lowest BCUT2D eigenvalue weighted by Gasteiger charge is -2.15. The van der Waals surface area contributed by atoms with Gasteiger partial charge in [0.05, 0.1) is 7.11 Å². The Kier molecular flexibility index (Phi) is 5.96. The van der Waals surface area contributed by atoms with Crippen LogP contribution in [-0.4, -0.2) is 7.11 Å². The quantitative estimate of drug-likeness (QED) is 0.558. The van der Waals surface area contributed by atoms with Gasteiger partial charge in [0.25, 0.3) is 0 Å². The lowest BCUT2D eigenvalue weighted by atomic mass is 10.2. The molecule has 0 unspecified atom stereocenters. The second-order valence-electron chi connectivity index (χ2n) is 5.59. The number of halogens is 1. The predicted molar refractivity (Wildman–Crippen MR) is 105 cm³/mol. The molecule has 1 N–H and O–H groups in total. The second kappa shape index (κ2) is 8.58. The Bertz CT molecular complexity index is 807. The van der Waals surface area contributed by atoms with Crippen molar-refractivity contribution in [2.24, 2.45) is 0 Å². The van der Waals surface area contributed by atoms with Gasteiger partial charge >= 0.3 is 0 Å². The number of methoxy groups -OCH3 is 1. The van der Waals surface area contributed by atoms with Crippen molar-refractivity contribution in [2.45, 2.75) is 13.2 Å². The molecule has 4 heteroatoms. The fourth-order valence-corrected chi connectivity index (χ4v) is 2.94. The molecule has 25 heavy (non-hydrogen) atoms. The monoisotopic (exact) mass is 397 g/mol. The van der Waals surface area contributed by atoms with E-state index in [1.807, 2.05) is 72.8 Å². The van der Waals surface area contributed by atoms with Gasteiger partial charge in [0, 0.05) is 16.7 Å². The molecule has 0 saturated heterocycles. The molecule has 0 fully saturated rings. The van der Waals surface area contributed by atoms with Crippen molar-refractivity contribution < 1.29 is 9.47 Å². The summed E-state index contributed by atoms with van der Waals surface area (Å²) in [4.78, 5) is 0. The van der Waals surface area contributed by atoms with Gasteiger partial charge in [0.15, 0.2) is 11.5 Å². The standard InChI is InChI=1S/C21H20BrNO2/c1-24-20-12-17(14-23-18-10-6-3-7-11-18)19(22)13-21(20)25-15-16-8-4-2-5-9-16/h2-13,23H,14-15H2,1H3. The first-order valence-electron chi connectivity index (χ1n) is 8.08. The summed E-state index contributed by atoms with van der Waals surface area (Å²) >= 11 is 3.63. The third-order valence-corrected chi connectivity index (χ3v) is 4.56. The number of rotatable bonds is 7. The first-order valence-corrected chi connectivity index (χ1v) is 8.87. The molecular weight excluding hydrogens is 378 g/mol. The Hall–Kier alpha value is -2.46. The minimum Gasteiger partial charge on any atom is -0.493 e. The average molecular weight is 398 g/mol. The van der Waals surface area contributed by atoms with Crippen LogP contribution in [0.3, 0.4) is 0 Å². The van der Waals surface area contributed by atoms with Crippen LogP contribution < -0.4 is 14.8 Å². The third kappa shape index (κ3) is 4.77. The molecule has 3 nitrogen and oxygen atoms in total. The van der Waals surface area contributed by atoms with E-state index in [4.69, 9.17) is 9.47 Å². The molecule has 3 rings (SSSR count). The van der Waals surface area contributed by atoms with Crippen molar-refractivity contribution in [3.8, 4) is 11.5 Å². The summed E-state index contributed by atoms with van der Waals surface area (Å²) < 4.78 is 12.4. The highest BCUT2D eigenvalue weighted by Gasteiger charge is 2.11. The highest BCUT2D eigenvalue weighted by molar-refractivity contribution is 9.10. The molecule has 0 atom stereocenters. The van der Waals surface area contributed by atoms with Crippen molar-refractivity contribution in [3.63, 3.8) is 0 Å². The van der Waals surface area contributed by atoms with E-state index in [1.165, 1.54) is 0 Å². The zero-order valence-electron chi connectivity index (χ0n) is 14.0. The largest absolute Gasteiger partial charge is 0.493 e. The van der Waals surface area contributed by atoms with E-state index >= 15 is 0 Å². The Morgan fingerprint density at radius 1 is 0.880 bits per heavy atom. The van der Waals surface area contributed by atoms with Crippen LogP contribution >= 0.6 is 15.9 Å². The molecular formula is C21H20BrNO2.